The van der Waals surface area contributed by atoms with Gasteiger partial charge in [-0.1, -0.05) is 72.8 Å². The molecule has 0 saturated heterocycles. The molecule has 0 radical (unpaired) electrons. The third-order valence-corrected chi connectivity index (χ3v) is 3.77. The predicted molar refractivity (Wildman–Crippen MR) is 95.8 cm³/mol. The summed E-state index contributed by atoms with van der Waals surface area (Å²) in [5, 5.41) is 3.30. The fourth-order valence-electron chi connectivity index (χ4n) is 2.50. The number of hydrogen-bond donors (Lipinski definition) is 1. The minimum atomic E-state index is 0.166. The molecule has 0 fully saturated rings. The van der Waals surface area contributed by atoms with E-state index in [0.29, 0.717) is 13.0 Å². The van der Waals surface area contributed by atoms with Crippen molar-refractivity contribution in [2.45, 2.75) is 6.42 Å². The van der Waals surface area contributed by atoms with E-state index in [1.165, 1.54) is 11.1 Å². The second-order valence-electron chi connectivity index (χ2n) is 5.41. The Kier molecular flexibility index (Phi) is 4.85. The van der Waals surface area contributed by atoms with Crippen molar-refractivity contribution in [3.8, 4) is 11.1 Å². The molecule has 3 rings (SSSR count). The van der Waals surface area contributed by atoms with Crippen LogP contribution < -0.4 is 5.32 Å². The molecule has 0 amide bonds. The Balaban J connectivity index is 1.54. The number of Topliss-reactive ketones (excluding diaryl/α,β-unsaturated/α-hetero) is 1. The molecule has 23 heavy (non-hydrogen) atoms. The predicted octanol–water partition coefficient (Wildman–Crippen LogP) is 5.04. The van der Waals surface area contributed by atoms with E-state index >= 15 is 0 Å². The van der Waals surface area contributed by atoms with E-state index in [1.54, 1.807) is 0 Å². The average Bonchev–Trinajstić information content (AvgIpc) is 2.64. The van der Waals surface area contributed by atoms with Crippen molar-refractivity contribution < 1.29 is 4.79 Å². The van der Waals surface area contributed by atoms with Crippen molar-refractivity contribution in [3.05, 3.63) is 90.5 Å². The summed E-state index contributed by atoms with van der Waals surface area (Å²) >= 11 is 0. The molecule has 3 aromatic carbocycles. The second kappa shape index (κ2) is 7.41. The molecule has 0 unspecified atom stereocenters. The second-order valence-corrected chi connectivity index (χ2v) is 5.41. The maximum Gasteiger partial charge on any atom is 0.164 e. The van der Waals surface area contributed by atoms with Gasteiger partial charge in [-0.15, -0.1) is 0 Å². The highest BCUT2D eigenvalue weighted by atomic mass is 16.1. The van der Waals surface area contributed by atoms with Crippen LogP contribution >= 0.6 is 0 Å². The fraction of sp³-hybridized carbons (Fsp3) is 0.0952. The van der Waals surface area contributed by atoms with Crippen LogP contribution in [0.3, 0.4) is 0 Å². The number of nitrogens with one attached hydrogen (secondary N) is 1. The third kappa shape index (κ3) is 4.07. The first kappa shape index (κ1) is 15.0. The van der Waals surface area contributed by atoms with Crippen LogP contribution in [0.1, 0.15) is 16.8 Å². The number of carbonyl (C=O) groups excluding carboxylic acids is 1. The van der Waals surface area contributed by atoms with Crippen LogP contribution in [0, 0.1) is 0 Å². The monoisotopic (exact) mass is 301 g/mol. The molecule has 2 nitrogen and oxygen atoms in total. The summed E-state index contributed by atoms with van der Waals surface area (Å²) in [6, 6.07) is 28.0. The van der Waals surface area contributed by atoms with Crippen molar-refractivity contribution in [2.24, 2.45) is 0 Å². The van der Waals surface area contributed by atoms with Gasteiger partial charge in [0.1, 0.15) is 0 Å². The first-order valence-corrected chi connectivity index (χ1v) is 7.80. The van der Waals surface area contributed by atoms with Crippen LogP contribution in [0.5, 0.6) is 0 Å². The summed E-state index contributed by atoms with van der Waals surface area (Å²) < 4.78 is 0. The molecule has 1 N–H and O–H groups in total. The van der Waals surface area contributed by atoms with Gasteiger partial charge >= 0.3 is 0 Å². The summed E-state index contributed by atoms with van der Waals surface area (Å²) in [6.45, 7) is 0.637. The summed E-state index contributed by atoms with van der Waals surface area (Å²) in [6.07, 6.45) is 0.491. The SMILES string of the molecule is O=C(CCNc1ccc(-c2ccccc2)cc1)c1ccccc1. The molecule has 0 aromatic heterocycles. The molecular formula is C21H19NO. The lowest BCUT2D eigenvalue weighted by Crippen LogP contribution is -2.08. The molecule has 0 aliphatic rings. The van der Waals surface area contributed by atoms with E-state index in [2.05, 4.69) is 41.7 Å². The minimum absolute atomic E-state index is 0.166. The molecule has 2 heteroatoms. The zero-order valence-electron chi connectivity index (χ0n) is 12.9. The highest BCUT2D eigenvalue weighted by molar-refractivity contribution is 5.96. The highest BCUT2D eigenvalue weighted by Gasteiger charge is 2.04. The van der Waals surface area contributed by atoms with Gasteiger partial charge in [-0.3, -0.25) is 4.79 Å². The first-order chi connectivity index (χ1) is 11.3. The molecule has 0 saturated carbocycles. The molecule has 0 spiro atoms. The standard InChI is InChI=1S/C21H19NO/c23-21(19-9-5-2-6-10-19)15-16-22-20-13-11-18(12-14-20)17-7-3-1-4-8-17/h1-14,22H,15-16H2. The van der Waals surface area contributed by atoms with Crippen LogP contribution in [-0.2, 0) is 0 Å². The quantitative estimate of drug-likeness (QED) is 0.646. The Morgan fingerprint density at radius 2 is 1.26 bits per heavy atom. The van der Waals surface area contributed by atoms with Crippen LogP contribution in [0.4, 0.5) is 5.69 Å². The summed E-state index contributed by atoms with van der Waals surface area (Å²) in [4.78, 5) is 12.0. The van der Waals surface area contributed by atoms with Crippen LogP contribution in [-0.4, -0.2) is 12.3 Å². The molecule has 3 aromatic rings. The van der Waals surface area contributed by atoms with Crippen LogP contribution in [0.15, 0.2) is 84.9 Å². The molecule has 0 heterocycles. The maximum atomic E-state index is 12.0. The van der Waals surface area contributed by atoms with Gasteiger partial charge in [0, 0.05) is 24.2 Å². The number of carbonyl (C=O) groups is 1. The zero-order valence-corrected chi connectivity index (χ0v) is 12.9. The van der Waals surface area contributed by atoms with E-state index in [-0.39, 0.29) is 5.78 Å². The molecule has 0 atom stereocenters. The van der Waals surface area contributed by atoms with Gasteiger partial charge in [0.2, 0.25) is 0 Å². The van der Waals surface area contributed by atoms with Crippen molar-refractivity contribution in [1.29, 1.82) is 0 Å². The average molecular weight is 301 g/mol. The van der Waals surface area contributed by atoms with E-state index in [4.69, 9.17) is 0 Å². The van der Waals surface area contributed by atoms with Gasteiger partial charge in [0.25, 0.3) is 0 Å². The van der Waals surface area contributed by atoms with Gasteiger partial charge in [0.05, 0.1) is 0 Å². The Morgan fingerprint density at radius 3 is 1.91 bits per heavy atom. The number of rotatable bonds is 6. The van der Waals surface area contributed by atoms with E-state index in [9.17, 15) is 4.79 Å². The first-order valence-electron chi connectivity index (χ1n) is 7.80. The molecule has 114 valence electrons. The van der Waals surface area contributed by atoms with Gasteiger partial charge in [-0.2, -0.15) is 0 Å². The smallest absolute Gasteiger partial charge is 0.164 e. The normalized spacial score (nSPS) is 10.3. The largest absolute Gasteiger partial charge is 0.385 e. The lowest BCUT2D eigenvalue weighted by atomic mass is 10.1. The highest BCUT2D eigenvalue weighted by Crippen LogP contribution is 2.20. The fourth-order valence-corrected chi connectivity index (χ4v) is 2.50. The molecule has 0 aliphatic carbocycles. The Hall–Kier alpha value is -2.87. The third-order valence-electron chi connectivity index (χ3n) is 3.77. The van der Waals surface area contributed by atoms with Crippen molar-refractivity contribution in [3.63, 3.8) is 0 Å². The summed E-state index contributed by atoms with van der Waals surface area (Å²) in [5.41, 5.74) is 4.20. The molecular weight excluding hydrogens is 282 g/mol. The topological polar surface area (TPSA) is 29.1 Å². The number of ketones is 1. The van der Waals surface area contributed by atoms with Gasteiger partial charge in [-0.05, 0) is 23.3 Å². The van der Waals surface area contributed by atoms with Gasteiger partial charge < -0.3 is 5.32 Å². The van der Waals surface area contributed by atoms with Crippen molar-refractivity contribution in [2.75, 3.05) is 11.9 Å². The Labute approximate surface area is 136 Å². The number of benzene rings is 3. The number of anilines is 1. The zero-order chi connectivity index (χ0) is 15.9. The lowest BCUT2D eigenvalue weighted by Gasteiger charge is -2.07. The van der Waals surface area contributed by atoms with Crippen molar-refractivity contribution in [1.82, 2.24) is 0 Å². The van der Waals surface area contributed by atoms with Crippen LogP contribution in [0.2, 0.25) is 0 Å². The molecule has 0 aliphatic heterocycles. The van der Waals surface area contributed by atoms with E-state index < -0.39 is 0 Å². The van der Waals surface area contributed by atoms with E-state index in [1.807, 2.05) is 48.5 Å². The van der Waals surface area contributed by atoms with Crippen molar-refractivity contribution >= 4 is 11.5 Å². The van der Waals surface area contributed by atoms with Gasteiger partial charge in [-0.25, -0.2) is 0 Å². The van der Waals surface area contributed by atoms with Gasteiger partial charge in [0.15, 0.2) is 5.78 Å². The molecule has 0 bridgehead atoms. The lowest BCUT2D eigenvalue weighted by molar-refractivity contribution is 0.0986. The Bertz CT molecular complexity index is 749. The minimum Gasteiger partial charge on any atom is -0.385 e. The summed E-state index contributed by atoms with van der Waals surface area (Å²) in [5.74, 6) is 0.166. The number of hydrogen-bond acceptors (Lipinski definition) is 2. The Morgan fingerprint density at radius 1 is 0.696 bits per heavy atom. The maximum absolute atomic E-state index is 12.0. The van der Waals surface area contributed by atoms with Crippen LogP contribution in [0.25, 0.3) is 11.1 Å². The summed E-state index contributed by atoms with van der Waals surface area (Å²) in [7, 11) is 0. The van der Waals surface area contributed by atoms with E-state index in [0.717, 1.165) is 11.3 Å².